The molecule has 3 atom stereocenters. The lowest BCUT2D eigenvalue weighted by atomic mass is 9.53. The van der Waals surface area contributed by atoms with E-state index in [2.05, 4.69) is 0 Å². The molecule has 15 heavy (non-hydrogen) atoms. The number of aliphatic hydroxyl groups is 1. The molecule has 4 bridgehead atoms. The fourth-order valence-electron chi connectivity index (χ4n) is 4.34. The van der Waals surface area contributed by atoms with Crippen LogP contribution in [-0.2, 0) is 9.53 Å². The molecule has 0 radical (unpaired) electrons. The maximum Gasteiger partial charge on any atom is 0.303 e. The molecule has 4 aliphatic carbocycles. The van der Waals surface area contributed by atoms with E-state index in [1.807, 2.05) is 0 Å². The van der Waals surface area contributed by atoms with Crippen molar-refractivity contribution in [2.75, 3.05) is 0 Å². The Bertz CT molecular complexity index is 285. The molecule has 3 unspecified atom stereocenters. The van der Waals surface area contributed by atoms with Gasteiger partial charge in [0, 0.05) is 6.92 Å². The van der Waals surface area contributed by atoms with E-state index in [1.54, 1.807) is 0 Å². The standard InChI is InChI=1S/C12H18O3/c1-7(13)15-11-10-3-8-2-9(4-10)6-12(11,14)5-8/h8-11,14H,2-6H2,1H3. The van der Waals surface area contributed by atoms with Crippen molar-refractivity contribution in [1.82, 2.24) is 0 Å². The van der Waals surface area contributed by atoms with Crippen molar-refractivity contribution in [1.29, 1.82) is 0 Å². The Morgan fingerprint density at radius 2 is 1.87 bits per heavy atom. The summed E-state index contributed by atoms with van der Waals surface area (Å²) in [6.45, 7) is 1.44. The molecule has 0 saturated heterocycles. The summed E-state index contributed by atoms with van der Waals surface area (Å²) in [5.74, 6) is 1.53. The first-order valence-corrected chi connectivity index (χ1v) is 5.96. The Morgan fingerprint density at radius 3 is 2.33 bits per heavy atom. The summed E-state index contributed by atoms with van der Waals surface area (Å²) < 4.78 is 5.34. The Morgan fingerprint density at radius 1 is 1.27 bits per heavy atom. The van der Waals surface area contributed by atoms with Crippen LogP contribution in [0, 0.1) is 17.8 Å². The van der Waals surface area contributed by atoms with Crippen molar-refractivity contribution in [2.45, 2.75) is 50.7 Å². The van der Waals surface area contributed by atoms with Crippen molar-refractivity contribution in [3.05, 3.63) is 0 Å². The van der Waals surface area contributed by atoms with Crippen molar-refractivity contribution >= 4 is 5.97 Å². The van der Waals surface area contributed by atoms with E-state index in [-0.39, 0.29) is 12.1 Å². The molecule has 1 N–H and O–H groups in total. The molecule has 84 valence electrons. The van der Waals surface area contributed by atoms with Crippen LogP contribution in [0.3, 0.4) is 0 Å². The molecule has 0 heterocycles. The number of esters is 1. The second kappa shape index (κ2) is 2.97. The third kappa shape index (κ3) is 1.40. The maximum atomic E-state index is 11.0. The van der Waals surface area contributed by atoms with E-state index in [0.717, 1.165) is 25.7 Å². The number of ether oxygens (including phenoxy) is 1. The highest BCUT2D eigenvalue weighted by molar-refractivity contribution is 5.66. The first-order chi connectivity index (χ1) is 7.07. The number of carbonyl (C=O) groups excluding carboxylic acids is 1. The highest BCUT2D eigenvalue weighted by Crippen LogP contribution is 2.56. The summed E-state index contributed by atoms with van der Waals surface area (Å²) >= 11 is 0. The minimum atomic E-state index is -0.694. The number of hydrogen-bond donors (Lipinski definition) is 1. The summed E-state index contributed by atoms with van der Waals surface area (Å²) in [5.41, 5.74) is -0.694. The van der Waals surface area contributed by atoms with Crippen molar-refractivity contribution < 1.29 is 14.6 Å². The molecule has 3 nitrogen and oxygen atoms in total. The van der Waals surface area contributed by atoms with Gasteiger partial charge in [0.15, 0.2) is 0 Å². The smallest absolute Gasteiger partial charge is 0.303 e. The fraction of sp³-hybridized carbons (Fsp3) is 0.917. The molecule has 4 saturated carbocycles. The summed E-state index contributed by atoms with van der Waals surface area (Å²) in [6, 6.07) is 0. The average Bonchev–Trinajstić information content (AvgIpc) is 2.09. The lowest BCUT2D eigenvalue weighted by Crippen LogP contribution is -2.61. The zero-order chi connectivity index (χ0) is 10.6. The van der Waals surface area contributed by atoms with E-state index in [9.17, 15) is 9.90 Å². The SMILES string of the molecule is CC(=O)OC1C2CC3CC(C2)CC1(O)C3. The first kappa shape index (κ1) is 9.64. The van der Waals surface area contributed by atoms with Crippen LogP contribution >= 0.6 is 0 Å². The predicted molar refractivity (Wildman–Crippen MR) is 54.1 cm³/mol. The second-order valence-electron chi connectivity index (χ2n) is 5.74. The van der Waals surface area contributed by atoms with Crippen LogP contribution in [0.4, 0.5) is 0 Å². The summed E-state index contributed by atoms with van der Waals surface area (Å²) in [6.07, 6.45) is 5.05. The largest absolute Gasteiger partial charge is 0.459 e. The second-order valence-corrected chi connectivity index (χ2v) is 5.74. The van der Waals surface area contributed by atoms with Crippen molar-refractivity contribution in [3.8, 4) is 0 Å². The molecule has 0 aromatic rings. The molecule has 4 aliphatic rings. The first-order valence-electron chi connectivity index (χ1n) is 5.96. The Kier molecular flexibility index (Phi) is 1.91. The minimum absolute atomic E-state index is 0.220. The van der Waals surface area contributed by atoms with E-state index >= 15 is 0 Å². The lowest BCUT2D eigenvalue weighted by Gasteiger charge is -2.57. The van der Waals surface area contributed by atoms with Crippen LogP contribution in [0.2, 0.25) is 0 Å². The average molecular weight is 210 g/mol. The van der Waals surface area contributed by atoms with Gasteiger partial charge in [0.2, 0.25) is 0 Å². The van der Waals surface area contributed by atoms with E-state index in [1.165, 1.54) is 13.3 Å². The van der Waals surface area contributed by atoms with Crippen LogP contribution < -0.4 is 0 Å². The van der Waals surface area contributed by atoms with Gasteiger partial charge in [0.1, 0.15) is 11.7 Å². The Balaban J connectivity index is 1.86. The summed E-state index contributed by atoms with van der Waals surface area (Å²) in [5, 5.41) is 10.5. The van der Waals surface area contributed by atoms with Gasteiger partial charge < -0.3 is 9.84 Å². The Labute approximate surface area is 89.8 Å². The molecular weight excluding hydrogens is 192 g/mol. The molecule has 0 aromatic heterocycles. The molecule has 0 spiro atoms. The normalized spacial score (nSPS) is 51.9. The number of rotatable bonds is 1. The molecule has 0 amide bonds. The quantitative estimate of drug-likeness (QED) is 0.667. The van der Waals surface area contributed by atoms with Gasteiger partial charge in [-0.3, -0.25) is 4.79 Å². The van der Waals surface area contributed by atoms with Crippen LogP contribution in [0.15, 0.2) is 0 Å². The van der Waals surface area contributed by atoms with Crippen LogP contribution in [0.25, 0.3) is 0 Å². The van der Waals surface area contributed by atoms with Crippen LogP contribution in [0.1, 0.15) is 39.0 Å². The van der Waals surface area contributed by atoms with Gasteiger partial charge in [0.25, 0.3) is 0 Å². The van der Waals surface area contributed by atoms with Gasteiger partial charge in [0.05, 0.1) is 0 Å². The summed E-state index contributed by atoms with van der Waals surface area (Å²) in [4.78, 5) is 11.0. The topological polar surface area (TPSA) is 46.5 Å². The molecule has 0 aromatic carbocycles. The van der Waals surface area contributed by atoms with E-state index < -0.39 is 5.60 Å². The van der Waals surface area contributed by atoms with Gasteiger partial charge in [-0.05, 0) is 49.9 Å². The molecule has 0 aliphatic heterocycles. The number of carbonyl (C=O) groups is 1. The van der Waals surface area contributed by atoms with E-state index in [4.69, 9.17) is 4.74 Å². The highest BCUT2D eigenvalue weighted by Gasteiger charge is 2.57. The molecular formula is C12H18O3. The van der Waals surface area contributed by atoms with Crippen LogP contribution in [-0.4, -0.2) is 22.8 Å². The highest BCUT2D eigenvalue weighted by atomic mass is 16.6. The van der Waals surface area contributed by atoms with Gasteiger partial charge in [-0.2, -0.15) is 0 Å². The molecule has 4 fully saturated rings. The predicted octanol–water partition coefficient (Wildman–Crippen LogP) is 1.49. The van der Waals surface area contributed by atoms with Crippen LogP contribution in [0.5, 0.6) is 0 Å². The van der Waals surface area contributed by atoms with Crippen molar-refractivity contribution in [2.24, 2.45) is 17.8 Å². The monoisotopic (exact) mass is 210 g/mol. The van der Waals surface area contributed by atoms with Gasteiger partial charge in [-0.15, -0.1) is 0 Å². The summed E-state index contributed by atoms with van der Waals surface area (Å²) in [7, 11) is 0. The third-order valence-electron chi connectivity index (χ3n) is 4.47. The zero-order valence-electron chi connectivity index (χ0n) is 9.11. The van der Waals surface area contributed by atoms with Crippen molar-refractivity contribution in [3.63, 3.8) is 0 Å². The third-order valence-corrected chi connectivity index (χ3v) is 4.47. The fourth-order valence-corrected chi connectivity index (χ4v) is 4.34. The maximum absolute atomic E-state index is 11.0. The van der Waals surface area contributed by atoms with Gasteiger partial charge >= 0.3 is 5.97 Å². The lowest BCUT2D eigenvalue weighted by molar-refractivity contribution is -0.221. The molecule has 4 rings (SSSR count). The zero-order valence-corrected chi connectivity index (χ0v) is 9.11. The van der Waals surface area contributed by atoms with E-state index in [0.29, 0.717) is 17.8 Å². The number of hydrogen-bond acceptors (Lipinski definition) is 3. The molecule has 3 heteroatoms. The Hall–Kier alpha value is -0.570. The van der Waals surface area contributed by atoms with Gasteiger partial charge in [-0.25, -0.2) is 0 Å². The minimum Gasteiger partial charge on any atom is -0.459 e. The van der Waals surface area contributed by atoms with Gasteiger partial charge in [-0.1, -0.05) is 0 Å².